The average molecular weight is 285 g/mol. The summed E-state index contributed by atoms with van der Waals surface area (Å²) in [7, 11) is 4.34. The van der Waals surface area contributed by atoms with Gasteiger partial charge < -0.3 is 9.80 Å². The van der Waals surface area contributed by atoms with Crippen LogP contribution in [0.15, 0.2) is 12.7 Å². The first-order chi connectivity index (χ1) is 9.28. The van der Waals surface area contributed by atoms with Gasteiger partial charge in [0.2, 0.25) is 0 Å². The van der Waals surface area contributed by atoms with Crippen molar-refractivity contribution in [2.24, 2.45) is 5.41 Å². The van der Waals surface area contributed by atoms with E-state index in [1.54, 1.807) is 0 Å². The van der Waals surface area contributed by atoms with Crippen LogP contribution in [0.4, 0.5) is 0 Å². The Balaban J connectivity index is 0. The fourth-order valence-electron chi connectivity index (χ4n) is 1.78. The van der Waals surface area contributed by atoms with Crippen molar-refractivity contribution >= 4 is 0 Å². The lowest BCUT2D eigenvalue weighted by Gasteiger charge is -2.34. The van der Waals surface area contributed by atoms with Crippen molar-refractivity contribution in [3.63, 3.8) is 0 Å². The highest BCUT2D eigenvalue weighted by atomic mass is 15.1. The van der Waals surface area contributed by atoms with Crippen LogP contribution in [0.5, 0.6) is 0 Å². The third kappa shape index (κ3) is 12.7. The Morgan fingerprint density at radius 1 is 1.20 bits per heavy atom. The molecule has 0 amide bonds. The molecular weight excluding hydrogens is 244 g/mol. The first-order valence-electron chi connectivity index (χ1n) is 8.28. The number of rotatable bonds is 4. The van der Waals surface area contributed by atoms with E-state index in [1.165, 1.54) is 25.9 Å². The smallest absolute Gasteiger partial charge is 0.00356 e. The first-order valence-corrected chi connectivity index (χ1v) is 8.28. The zero-order valence-electron chi connectivity index (χ0n) is 15.5. The fraction of sp³-hybridized carbons (Fsp3) is 0.889. The molecule has 1 aliphatic heterocycles. The molecule has 1 fully saturated rings. The Bertz CT molecular complexity index is 211. The van der Waals surface area contributed by atoms with E-state index in [-0.39, 0.29) is 0 Å². The van der Waals surface area contributed by atoms with Crippen LogP contribution in [-0.2, 0) is 0 Å². The van der Waals surface area contributed by atoms with Gasteiger partial charge in [-0.1, -0.05) is 33.8 Å². The van der Waals surface area contributed by atoms with Gasteiger partial charge in [0.05, 0.1) is 0 Å². The van der Waals surface area contributed by atoms with E-state index >= 15 is 0 Å². The Morgan fingerprint density at radius 3 is 1.95 bits per heavy atom. The van der Waals surface area contributed by atoms with E-state index in [4.69, 9.17) is 0 Å². The van der Waals surface area contributed by atoms with E-state index in [0.29, 0.717) is 11.5 Å². The summed E-state index contributed by atoms with van der Waals surface area (Å²) >= 11 is 0. The molecule has 2 nitrogen and oxygen atoms in total. The van der Waals surface area contributed by atoms with E-state index in [9.17, 15) is 0 Å². The molecule has 0 atom stereocenters. The van der Waals surface area contributed by atoms with Crippen molar-refractivity contribution in [2.75, 3.05) is 33.7 Å². The quantitative estimate of drug-likeness (QED) is 0.692. The van der Waals surface area contributed by atoms with Gasteiger partial charge in [-0.05, 0) is 65.7 Å². The van der Waals surface area contributed by atoms with Gasteiger partial charge in [-0.2, -0.15) is 0 Å². The van der Waals surface area contributed by atoms with Gasteiger partial charge >= 0.3 is 0 Å². The molecule has 0 bridgehead atoms. The van der Waals surface area contributed by atoms with Crippen LogP contribution in [0, 0.1) is 5.41 Å². The summed E-state index contributed by atoms with van der Waals surface area (Å²) in [5, 5.41) is 0. The third-order valence-electron chi connectivity index (χ3n) is 3.91. The predicted octanol–water partition coefficient (Wildman–Crippen LogP) is 4.67. The van der Waals surface area contributed by atoms with Crippen molar-refractivity contribution < 1.29 is 0 Å². The average Bonchev–Trinajstić information content (AvgIpc) is 2.42. The summed E-state index contributed by atoms with van der Waals surface area (Å²) < 4.78 is 0. The molecule has 1 rings (SSSR count). The minimum absolute atomic E-state index is 0.618. The molecule has 0 N–H and O–H groups in total. The van der Waals surface area contributed by atoms with Crippen molar-refractivity contribution in [1.29, 1.82) is 0 Å². The Hall–Kier alpha value is -0.340. The van der Waals surface area contributed by atoms with Crippen molar-refractivity contribution in [3.8, 4) is 0 Å². The molecule has 2 heteroatoms. The standard InChI is InChI=1S/2C8H17N.C2H6/c1-8(2)4-6-9(3)7-5-8;1-5-6-7-9(4)8(2)3;1-2/h4-7H2,1-3H3;5,8H,1,6-7H2,2-4H3;1-2H3. The maximum absolute atomic E-state index is 3.67. The lowest BCUT2D eigenvalue weighted by atomic mass is 9.83. The second kappa shape index (κ2) is 12.4. The van der Waals surface area contributed by atoms with Crippen LogP contribution in [0.1, 0.15) is 60.8 Å². The number of piperidine rings is 1. The summed E-state index contributed by atoms with van der Waals surface area (Å²) in [6.45, 7) is 20.5. The summed E-state index contributed by atoms with van der Waals surface area (Å²) in [4.78, 5) is 4.72. The van der Waals surface area contributed by atoms with Gasteiger partial charge in [-0.25, -0.2) is 0 Å². The first kappa shape index (κ1) is 21.9. The molecule has 20 heavy (non-hydrogen) atoms. The van der Waals surface area contributed by atoms with E-state index < -0.39 is 0 Å². The minimum Gasteiger partial charge on any atom is -0.306 e. The molecule has 0 aromatic heterocycles. The van der Waals surface area contributed by atoms with Crippen molar-refractivity contribution in [2.45, 2.75) is 66.8 Å². The highest BCUT2D eigenvalue weighted by Gasteiger charge is 2.22. The molecular formula is C18H40N2. The van der Waals surface area contributed by atoms with Gasteiger partial charge in [0, 0.05) is 12.6 Å². The normalized spacial score (nSPS) is 17.9. The van der Waals surface area contributed by atoms with Crippen LogP contribution in [0.2, 0.25) is 0 Å². The van der Waals surface area contributed by atoms with E-state index in [1.807, 2.05) is 19.9 Å². The molecule has 0 unspecified atom stereocenters. The maximum atomic E-state index is 3.67. The molecule has 0 aromatic rings. The summed E-state index contributed by atoms with van der Waals surface area (Å²) in [6, 6.07) is 0.657. The molecule has 0 radical (unpaired) electrons. The Morgan fingerprint density at radius 2 is 1.65 bits per heavy atom. The number of hydrogen-bond donors (Lipinski definition) is 0. The molecule has 0 spiro atoms. The number of nitrogens with zero attached hydrogens (tertiary/aromatic N) is 2. The van der Waals surface area contributed by atoms with Crippen LogP contribution in [0.3, 0.4) is 0 Å². The van der Waals surface area contributed by atoms with Gasteiger partial charge in [0.1, 0.15) is 0 Å². The maximum Gasteiger partial charge on any atom is 0.00356 e. The fourth-order valence-corrected chi connectivity index (χ4v) is 1.78. The topological polar surface area (TPSA) is 6.48 Å². The minimum atomic E-state index is 0.618. The Labute approximate surface area is 129 Å². The molecule has 0 aromatic carbocycles. The van der Waals surface area contributed by atoms with Crippen LogP contribution in [-0.4, -0.2) is 49.6 Å². The van der Waals surface area contributed by atoms with Crippen molar-refractivity contribution in [3.05, 3.63) is 12.7 Å². The third-order valence-corrected chi connectivity index (χ3v) is 3.91. The highest BCUT2D eigenvalue weighted by Crippen LogP contribution is 2.28. The zero-order valence-corrected chi connectivity index (χ0v) is 15.5. The summed E-state index contributed by atoms with van der Waals surface area (Å²) in [6.07, 6.45) is 5.78. The van der Waals surface area contributed by atoms with Crippen LogP contribution < -0.4 is 0 Å². The monoisotopic (exact) mass is 284 g/mol. The zero-order chi connectivity index (χ0) is 16.2. The predicted molar refractivity (Wildman–Crippen MR) is 94.4 cm³/mol. The van der Waals surface area contributed by atoms with Gasteiger partial charge in [0.25, 0.3) is 0 Å². The molecule has 0 aliphatic carbocycles. The molecule has 122 valence electrons. The van der Waals surface area contributed by atoms with Crippen LogP contribution >= 0.6 is 0 Å². The summed E-state index contributed by atoms with van der Waals surface area (Å²) in [5.41, 5.74) is 0.618. The van der Waals surface area contributed by atoms with E-state index in [2.05, 4.69) is 58.2 Å². The number of hydrogen-bond acceptors (Lipinski definition) is 2. The van der Waals surface area contributed by atoms with Crippen LogP contribution in [0.25, 0.3) is 0 Å². The highest BCUT2D eigenvalue weighted by molar-refractivity contribution is 4.76. The molecule has 1 aliphatic rings. The largest absolute Gasteiger partial charge is 0.306 e. The second-order valence-electron chi connectivity index (χ2n) is 6.62. The van der Waals surface area contributed by atoms with Gasteiger partial charge in [-0.15, -0.1) is 6.58 Å². The van der Waals surface area contributed by atoms with Gasteiger partial charge in [0.15, 0.2) is 0 Å². The lowest BCUT2D eigenvalue weighted by Crippen LogP contribution is -2.34. The Kier molecular flexibility index (Phi) is 13.6. The summed E-state index contributed by atoms with van der Waals surface area (Å²) in [5.74, 6) is 0. The molecule has 1 heterocycles. The lowest BCUT2D eigenvalue weighted by molar-refractivity contribution is 0.157. The second-order valence-corrected chi connectivity index (χ2v) is 6.62. The SMILES string of the molecule is C=CCCN(C)C(C)C.CC.CN1CCC(C)(C)CC1. The molecule has 1 saturated heterocycles. The van der Waals surface area contributed by atoms with Crippen molar-refractivity contribution in [1.82, 2.24) is 9.80 Å². The number of likely N-dealkylation sites (tertiary alicyclic amines) is 1. The molecule has 0 saturated carbocycles. The van der Waals surface area contributed by atoms with E-state index in [0.717, 1.165) is 13.0 Å². The van der Waals surface area contributed by atoms with Gasteiger partial charge in [-0.3, -0.25) is 0 Å².